The van der Waals surface area contributed by atoms with Gasteiger partial charge in [-0.15, -0.1) is 0 Å². The molecule has 0 N–H and O–H groups in total. The van der Waals surface area contributed by atoms with Crippen LogP contribution in [0.15, 0.2) is 191 Å². The number of hydrogen-bond donors (Lipinski definition) is 0. The van der Waals surface area contributed by atoms with Crippen molar-refractivity contribution in [1.82, 2.24) is 19.5 Å². The molecule has 12 aromatic rings. The lowest BCUT2D eigenvalue weighted by atomic mass is 10.0. The molecule has 0 saturated heterocycles. The number of rotatable bonds is 5. The fraction of sp³-hybridized carbons (Fsp3) is 0. The van der Waals surface area contributed by atoms with Gasteiger partial charge in [-0.3, -0.25) is 0 Å². The van der Waals surface area contributed by atoms with Gasteiger partial charge >= 0.3 is 0 Å². The van der Waals surface area contributed by atoms with E-state index >= 15 is 0 Å². The second kappa shape index (κ2) is 12.3. The molecular weight excluding hydrogens is 701 g/mol. The van der Waals surface area contributed by atoms with E-state index in [-0.39, 0.29) is 0 Å². The summed E-state index contributed by atoms with van der Waals surface area (Å²) in [4.78, 5) is 15.0. The van der Waals surface area contributed by atoms with Gasteiger partial charge in [0, 0.05) is 49.3 Å². The van der Waals surface area contributed by atoms with Crippen LogP contribution >= 0.6 is 0 Å². The summed E-state index contributed by atoms with van der Waals surface area (Å²) in [6, 6.07) is 62.7. The molecule has 0 radical (unpaired) electrons. The number of nitrogens with zero attached hydrogens (tertiary/aromatic N) is 4. The Morgan fingerprint density at radius 1 is 0.351 bits per heavy atom. The maximum Gasteiger partial charge on any atom is 0.164 e. The summed E-state index contributed by atoms with van der Waals surface area (Å²) < 4.78 is 15.7. The average Bonchev–Trinajstić information content (AvgIpc) is 3.96. The fourth-order valence-electron chi connectivity index (χ4n) is 8.45. The minimum atomic E-state index is 0.585. The van der Waals surface area contributed by atoms with Crippen molar-refractivity contribution in [3.05, 3.63) is 182 Å². The van der Waals surface area contributed by atoms with E-state index in [1.165, 1.54) is 21.8 Å². The van der Waals surface area contributed by atoms with Gasteiger partial charge in [0.2, 0.25) is 0 Å². The summed E-state index contributed by atoms with van der Waals surface area (Å²) in [6.07, 6.45) is 0. The molecule has 4 aromatic heterocycles. The van der Waals surface area contributed by atoms with Gasteiger partial charge < -0.3 is 13.4 Å². The van der Waals surface area contributed by atoms with Crippen molar-refractivity contribution in [3.63, 3.8) is 0 Å². The zero-order chi connectivity index (χ0) is 37.5. The largest absolute Gasteiger partial charge is 0.456 e. The van der Waals surface area contributed by atoms with Crippen LogP contribution in [0.4, 0.5) is 0 Å². The van der Waals surface area contributed by atoms with Gasteiger partial charge in [-0.1, -0.05) is 121 Å². The van der Waals surface area contributed by atoms with Crippen LogP contribution in [-0.2, 0) is 0 Å². The molecule has 0 atom stereocenters. The molecule has 0 saturated carbocycles. The Balaban J connectivity index is 1.01. The van der Waals surface area contributed by atoms with Crippen molar-refractivity contribution in [2.75, 3.05) is 0 Å². The predicted octanol–water partition coefficient (Wildman–Crippen LogP) is 13.4. The van der Waals surface area contributed by atoms with E-state index in [0.717, 1.165) is 77.4 Å². The Morgan fingerprint density at radius 3 is 1.74 bits per heavy atom. The molecule has 6 nitrogen and oxygen atoms in total. The number of para-hydroxylation sites is 2. The van der Waals surface area contributed by atoms with Gasteiger partial charge in [-0.2, -0.15) is 0 Å². The molecule has 0 amide bonds. The molecule has 266 valence electrons. The van der Waals surface area contributed by atoms with Gasteiger partial charge in [0.1, 0.15) is 22.3 Å². The van der Waals surface area contributed by atoms with Crippen LogP contribution < -0.4 is 0 Å². The zero-order valence-corrected chi connectivity index (χ0v) is 30.4. The second-order valence-electron chi connectivity index (χ2n) is 14.4. The summed E-state index contributed by atoms with van der Waals surface area (Å²) in [6.45, 7) is 0. The molecule has 0 fully saturated rings. The third-order valence-electron chi connectivity index (χ3n) is 11.1. The fourth-order valence-corrected chi connectivity index (χ4v) is 8.45. The van der Waals surface area contributed by atoms with Gasteiger partial charge in [0.15, 0.2) is 17.5 Å². The lowest BCUT2D eigenvalue weighted by Crippen LogP contribution is -2.00. The predicted molar refractivity (Wildman–Crippen MR) is 230 cm³/mol. The lowest BCUT2D eigenvalue weighted by Gasteiger charge is -2.09. The van der Waals surface area contributed by atoms with Crippen molar-refractivity contribution < 1.29 is 8.83 Å². The molecule has 8 aromatic carbocycles. The van der Waals surface area contributed by atoms with Gasteiger partial charge in [0.05, 0.1) is 16.4 Å². The Hall–Kier alpha value is -7.83. The standard InChI is InChI=1S/C51H30N4O2/c1-4-13-31(14-5-1)49-52-50(32-15-6-2-7-16-32)54-51(53-49)39-20-12-22-43-46(39)38-26-28-44-47(48(38)57-43)37-25-23-34(30-45(37)56-44)33-24-27-42-40(29-33)36-19-10-11-21-41(36)55(42)35-17-8-3-9-18-35/h1-30H. The smallest absolute Gasteiger partial charge is 0.164 e. The van der Waals surface area contributed by atoms with Crippen LogP contribution in [0.5, 0.6) is 0 Å². The van der Waals surface area contributed by atoms with E-state index in [0.29, 0.717) is 17.5 Å². The third kappa shape index (κ3) is 4.94. The first-order valence-electron chi connectivity index (χ1n) is 19.0. The van der Waals surface area contributed by atoms with Crippen LogP contribution in [0.2, 0.25) is 0 Å². The highest BCUT2D eigenvalue weighted by Gasteiger charge is 2.21. The van der Waals surface area contributed by atoms with E-state index < -0.39 is 0 Å². The van der Waals surface area contributed by atoms with Crippen molar-refractivity contribution in [2.45, 2.75) is 0 Å². The summed E-state index contributed by atoms with van der Waals surface area (Å²) in [5.74, 6) is 1.82. The first-order valence-corrected chi connectivity index (χ1v) is 19.0. The maximum atomic E-state index is 6.73. The Morgan fingerprint density at radius 2 is 0.965 bits per heavy atom. The quantitative estimate of drug-likeness (QED) is 0.176. The Kier molecular flexibility index (Phi) is 6.83. The molecule has 12 rings (SSSR count). The Bertz CT molecular complexity index is 3450. The van der Waals surface area contributed by atoms with Crippen molar-refractivity contribution >= 4 is 65.7 Å². The molecule has 0 bridgehead atoms. The summed E-state index contributed by atoms with van der Waals surface area (Å²) in [5.41, 5.74) is 11.5. The molecule has 0 aliphatic heterocycles. The molecule has 57 heavy (non-hydrogen) atoms. The molecular formula is C51H30N4O2. The molecule has 6 heteroatoms. The Labute approximate surface area is 325 Å². The number of furan rings is 2. The van der Waals surface area contributed by atoms with Gasteiger partial charge in [-0.25, -0.2) is 15.0 Å². The van der Waals surface area contributed by atoms with Crippen LogP contribution in [0, 0.1) is 0 Å². The minimum absolute atomic E-state index is 0.585. The maximum absolute atomic E-state index is 6.73. The van der Waals surface area contributed by atoms with E-state index in [1.807, 2.05) is 78.9 Å². The van der Waals surface area contributed by atoms with Gasteiger partial charge in [0.25, 0.3) is 0 Å². The van der Waals surface area contributed by atoms with Crippen LogP contribution in [0.3, 0.4) is 0 Å². The number of fused-ring (bicyclic) bond motifs is 10. The molecule has 4 heterocycles. The first-order chi connectivity index (χ1) is 28.2. The van der Waals surface area contributed by atoms with Crippen molar-refractivity contribution in [1.29, 1.82) is 0 Å². The summed E-state index contributed by atoms with van der Waals surface area (Å²) in [7, 11) is 0. The molecule has 0 spiro atoms. The van der Waals surface area contributed by atoms with Crippen molar-refractivity contribution in [3.8, 4) is 51.0 Å². The second-order valence-corrected chi connectivity index (χ2v) is 14.4. The topological polar surface area (TPSA) is 69.9 Å². The molecule has 0 aliphatic rings. The molecule has 0 aliphatic carbocycles. The highest BCUT2D eigenvalue weighted by atomic mass is 16.3. The number of aromatic nitrogens is 4. The van der Waals surface area contributed by atoms with Gasteiger partial charge in [-0.05, 0) is 71.8 Å². The average molecular weight is 731 g/mol. The molecule has 0 unspecified atom stereocenters. The van der Waals surface area contributed by atoms with Crippen LogP contribution in [-0.4, -0.2) is 19.5 Å². The number of hydrogen-bond acceptors (Lipinski definition) is 5. The highest BCUT2D eigenvalue weighted by Crippen LogP contribution is 2.43. The van der Waals surface area contributed by atoms with Crippen molar-refractivity contribution in [2.24, 2.45) is 0 Å². The van der Waals surface area contributed by atoms with E-state index in [2.05, 4.69) is 108 Å². The lowest BCUT2D eigenvalue weighted by molar-refractivity contribution is 0.663. The SMILES string of the molecule is c1ccc(-c2nc(-c3ccccc3)nc(-c3cccc4oc5c(ccc6oc7cc(-c8ccc9c(c8)c8ccccc8n9-c8ccccc8)ccc7c65)c34)n2)cc1. The van der Waals surface area contributed by atoms with Crippen LogP contribution in [0.25, 0.3) is 117 Å². The highest BCUT2D eigenvalue weighted by molar-refractivity contribution is 6.24. The summed E-state index contributed by atoms with van der Waals surface area (Å²) in [5, 5.41) is 6.30. The number of benzene rings is 8. The normalized spacial score (nSPS) is 11.9. The summed E-state index contributed by atoms with van der Waals surface area (Å²) >= 11 is 0. The monoisotopic (exact) mass is 730 g/mol. The third-order valence-corrected chi connectivity index (χ3v) is 11.1. The van der Waals surface area contributed by atoms with E-state index in [4.69, 9.17) is 23.8 Å². The van der Waals surface area contributed by atoms with E-state index in [9.17, 15) is 0 Å². The minimum Gasteiger partial charge on any atom is -0.456 e. The van der Waals surface area contributed by atoms with Crippen LogP contribution in [0.1, 0.15) is 0 Å². The first kappa shape index (κ1) is 31.5. The van der Waals surface area contributed by atoms with E-state index in [1.54, 1.807) is 0 Å². The zero-order valence-electron chi connectivity index (χ0n) is 30.4.